The summed E-state index contributed by atoms with van der Waals surface area (Å²) in [4.78, 5) is 12.0. The van der Waals surface area contributed by atoms with Gasteiger partial charge in [-0.15, -0.1) is 0 Å². The van der Waals surface area contributed by atoms with Crippen molar-refractivity contribution in [1.82, 2.24) is 0 Å². The van der Waals surface area contributed by atoms with Crippen LogP contribution in [0, 0.1) is 5.92 Å². The number of hydrogen-bond acceptors (Lipinski definition) is 1. The molecule has 1 aliphatic carbocycles. The normalized spacial score (nSPS) is 32.1. The third kappa shape index (κ3) is 0.965. The van der Waals surface area contributed by atoms with E-state index in [9.17, 15) is 4.79 Å². The van der Waals surface area contributed by atoms with Gasteiger partial charge in [0.1, 0.15) is 0 Å². The first-order chi connectivity index (χ1) is 7.29. The summed E-state index contributed by atoms with van der Waals surface area (Å²) in [5.74, 6) is 0.568. The van der Waals surface area contributed by atoms with Crippen molar-refractivity contribution in [3.63, 3.8) is 0 Å². The molecule has 2 aliphatic rings. The third-order valence-corrected chi connectivity index (χ3v) is 3.50. The average Bonchev–Trinajstić information content (AvgIpc) is 2.87. The Kier molecular flexibility index (Phi) is 1.58. The molecule has 1 aromatic carbocycles. The molecule has 2 nitrogen and oxygen atoms in total. The molecule has 76 valence electrons. The van der Waals surface area contributed by atoms with Gasteiger partial charge in [-0.2, -0.15) is 0 Å². The highest BCUT2D eigenvalue weighted by Crippen LogP contribution is 2.60. The van der Waals surface area contributed by atoms with E-state index in [1.165, 1.54) is 5.56 Å². The van der Waals surface area contributed by atoms with E-state index in [-0.39, 0.29) is 11.3 Å². The maximum Gasteiger partial charge on any atom is 0.235 e. The molecular weight excluding hydrogens is 186 g/mol. The maximum atomic E-state index is 12.0. The predicted molar refractivity (Wildman–Crippen MR) is 59.7 cm³/mol. The summed E-state index contributed by atoms with van der Waals surface area (Å²) in [6.07, 6.45) is 5.13. The molecule has 15 heavy (non-hydrogen) atoms. The molecule has 0 saturated heterocycles. The summed E-state index contributed by atoms with van der Waals surface area (Å²) in [6, 6.07) is 8.01. The highest BCUT2D eigenvalue weighted by Gasteiger charge is 2.63. The van der Waals surface area contributed by atoms with Crippen LogP contribution in [0.25, 0.3) is 0 Å². The lowest BCUT2D eigenvalue weighted by atomic mass is 9.95. The molecule has 1 amide bonds. The molecule has 1 spiro atoms. The molecule has 1 aliphatic heterocycles. The summed E-state index contributed by atoms with van der Waals surface area (Å²) in [5, 5.41) is 2.97. The maximum absolute atomic E-state index is 12.0. The number of hydrogen-bond donors (Lipinski definition) is 1. The van der Waals surface area contributed by atoms with Crippen LogP contribution in [0.5, 0.6) is 0 Å². The Morgan fingerprint density at radius 2 is 2.27 bits per heavy atom. The molecule has 2 atom stereocenters. The molecule has 3 rings (SSSR count). The van der Waals surface area contributed by atoms with E-state index < -0.39 is 0 Å². The number of carbonyl (C=O) groups excluding carboxylic acids is 1. The number of rotatable bonds is 1. The van der Waals surface area contributed by atoms with E-state index in [0.717, 1.165) is 12.1 Å². The lowest BCUT2D eigenvalue weighted by Gasteiger charge is -2.05. The number of benzene rings is 1. The predicted octanol–water partition coefficient (Wildman–Crippen LogP) is 2.47. The first-order valence-electron chi connectivity index (χ1n) is 5.33. The van der Waals surface area contributed by atoms with Gasteiger partial charge in [0.2, 0.25) is 5.91 Å². The minimum Gasteiger partial charge on any atom is -0.325 e. The van der Waals surface area contributed by atoms with Gasteiger partial charge in [0.05, 0.1) is 5.41 Å². The Bertz CT molecular complexity index is 463. The summed E-state index contributed by atoms with van der Waals surface area (Å²) >= 11 is 0. The molecule has 1 saturated carbocycles. The zero-order valence-corrected chi connectivity index (χ0v) is 8.66. The van der Waals surface area contributed by atoms with Crippen molar-refractivity contribution >= 4 is 11.6 Å². The molecule has 0 bridgehead atoms. The smallest absolute Gasteiger partial charge is 0.235 e. The van der Waals surface area contributed by atoms with Gasteiger partial charge in [0.25, 0.3) is 0 Å². The topological polar surface area (TPSA) is 29.1 Å². The van der Waals surface area contributed by atoms with Gasteiger partial charge >= 0.3 is 0 Å². The van der Waals surface area contributed by atoms with Crippen LogP contribution >= 0.6 is 0 Å². The van der Waals surface area contributed by atoms with Crippen LogP contribution in [0.2, 0.25) is 0 Å². The van der Waals surface area contributed by atoms with Gasteiger partial charge in [0, 0.05) is 5.69 Å². The van der Waals surface area contributed by atoms with Crippen molar-refractivity contribution in [1.29, 1.82) is 0 Å². The van der Waals surface area contributed by atoms with Gasteiger partial charge in [-0.1, -0.05) is 30.4 Å². The van der Waals surface area contributed by atoms with Crippen LogP contribution in [0.4, 0.5) is 5.69 Å². The number of carbonyl (C=O) groups is 1. The lowest BCUT2D eigenvalue weighted by molar-refractivity contribution is -0.118. The molecule has 1 aromatic rings. The van der Waals surface area contributed by atoms with Gasteiger partial charge in [-0.25, -0.2) is 0 Å². The van der Waals surface area contributed by atoms with Crippen LogP contribution < -0.4 is 5.32 Å². The van der Waals surface area contributed by atoms with Crippen molar-refractivity contribution in [2.75, 3.05) is 5.32 Å². The molecule has 0 radical (unpaired) electrons. The second-order valence-corrected chi connectivity index (χ2v) is 4.31. The van der Waals surface area contributed by atoms with E-state index >= 15 is 0 Å². The minimum absolute atomic E-state index is 0.173. The molecular formula is C13H13NO. The van der Waals surface area contributed by atoms with Crippen molar-refractivity contribution in [2.24, 2.45) is 5.92 Å². The van der Waals surface area contributed by atoms with Gasteiger partial charge in [-0.05, 0) is 30.9 Å². The van der Waals surface area contributed by atoms with Crippen LogP contribution in [-0.4, -0.2) is 5.91 Å². The van der Waals surface area contributed by atoms with Crippen molar-refractivity contribution in [3.05, 3.63) is 42.0 Å². The Morgan fingerprint density at radius 1 is 1.47 bits per heavy atom. The van der Waals surface area contributed by atoms with Crippen molar-refractivity contribution < 1.29 is 4.79 Å². The Hall–Kier alpha value is -1.57. The number of allylic oxidation sites excluding steroid dienone is 2. The van der Waals surface area contributed by atoms with Crippen molar-refractivity contribution in [3.8, 4) is 0 Å². The van der Waals surface area contributed by atoms with E-state index in [1.54, 1.807) is 0 Å². The SMILES string of the molecule is C/C=C/C1CC12C(=O)Nc1ccccc12. The summed E-state index contributed by atoms with van der Waals surface area (Å²) in [6.45, 7) is 2.00. The number of nitrogens with one attached hydrogen (secondary N) is 1. The Labute approximate surface area is 89.0 Å². The molecule has 1 fully saturated rings. The zero-order chi connectivity index (χ0) is 10.5. The van der Waals surface area contributed by atoms with Crippen LogP contribution in [-0.2, 0) is 10.2 Å². The Balaban J connectivity index is 2.09. The molecule has 1 N–H and O–H groups in total. The lowest BCUT2D eigenvalue weighted by Crippen LogP contribution is -2.20. The van der Waals surface area contributed by atoms with Crippen LogP contribution in [0.1, 0.15) is 18.9 Å². The zero-order valence-electron chi connectivity index (χ0n) is 8.66. The van der Waals surface area contributed by atoms with E-state index in [1.807, 2.05) is 31.2 Å². The van der Waals surface area contributed by atoms with Crippen molar-refractivity contribution in [2.45, 2.75) is 18.8 Å². The van der Waals surface area contributed by atoms with Gasteiger partial charge < -0.3 is 5.32 Å². The fraction of sp³-hybridized carbons (Fsp3) is 0.308. The first kappa shape index (κ1) is 8.72. The fourth-order valence-electron chi connectivity index (χ4n) is 2.66. The van der Waals surface area contributed by atoms with Gasteiger partial charge in [0.15, 0.2) is 0 Å². The highest BCUT2D eigenvalue weighted by molar-refractivity contribution is 6.09. The molecule has 2 unspecified atom stereocenters. The standard InChI is InChI=1S/C13H13NO/c1-2-5-9-8-13(9)10-6-3-4-7-11(10)14-12(13)15/h2-7,9H,8H2,1H3,(H,14,15)/b5-2+. The summed E-state index contributed by atoms with van der Waals surface area (Å²) in [7, 11) is 0. The fourth-order valence-corrected chi connectivity index (χ4v) is 2.66. The third-order valence-electron chi connectivity index (χ3n) is 3.50. The number of fused-ring (bicyclic) bond motifs is 2. The second-order valence-electron chi connectivity index (χ2n) is 4.31. The van der Waals surface area contributed by atoms with Gasteiger partial charge in [-0.3, -0.25) is 4.79 Å². The van der Waals surface area contributed by atoms with Crippen LogP contribution in [0.15, 0.2) is 36.4 Å². The highest BCUT2D eigenvalue weighted by atomic mass is 16.2. The monoisotopic (exact) mass is 199 g/mol. The second kappa shape index (κ2) is 2.72. The van der Waals surface area contributed by atoms with Crippen LogP contribution in [0.3, 0.4) is 0 Å². The first-order valence-corrected chi connectivity index (χ1v) is 5.33. The van der Waals surface area contributed by atoms with E-state index in [4.69, 9.17) is 0 Å². The summed E-state index contributed by atoms with van der Waals surface area (Å²) in [5.41, 5.74) is 1.94. The largest absolute Gasteiger partial charge is 0.325 e. The van der Waals surface area contributed by atoms with E-state index in [0.29, 0.717) is 5.92 Å². The number of para-hydroxylation sites is 1. The average molecular weight is 199 g/mol. The number of amides is 1. The Morgan fingerprint density at radius 3 is 3.07 bits per heavy atom. The summed E-state index contributed by atoms with van der Waals surface area (Å²) < 4.78 is 0. The minimum atomic E-state index is -0.233. The van der Waals surface area contributed by atoms with E-state index in [2.05, 4.69) is 17.5 Å². The quantitative estimate of drug-likeness (QED) is 0.692. The molecule has 1 heterocycles. The molecule has 2 heteroatoms. The molecule has 0 aromatic heterocycles. The number of anilines is 1.